The van der Waals surface area contributed by atoms with Crippen molar-refractivity contribution in [2.24, 2.45) is 0 Å². The quantitative estimate of drug-likeness (QED) is 0.836. The molecule has 0 spiro atoms. The monoisotopic (exact) mass is 265 g/mol. The summed E-state index contributed by atoms with van der Waals surface area (Å²) in [6, 6.07) is 6.52. The average Bonchev–Trinajstić information content (AvgIpc) is 2.39. The van der Waals surface area contributed by atoms with Gasteiger partial charge in [-0.05, 0) is 12.1 Å². The van der Waals surface area contributed by atoms with Gasteiger partial charge in [-0.3, -0.25) is 0 Å². The van der Waals surface area contributed by atoms with Gasteiger partial charge in [0.05, 0.1) is 18.0 Å². The van der Waals surface area contributed by atoms with Gasteiger partial charge in [-0.1, -0.05) is 12.1 Å². The Morgan fingerprint density at radius 2 is 1.84 bits per heavy atom. The van der Waals surface area contributed by atoms with Gasteiger partial charge in [-0.2, -0.15) is 18.4 Å². The summed E-state index contributed by atoms with van der Waals surface area (Å²) < 4.78 is 43.2. The minimum absolute atomic E-state index is 0.0523. The van der Waals surface area contributed by atoms with Crippen LogP contribution in [0, 0.1) is 11.3 Å². The molecule has 2 aromatic rings. The molecule has 0 unspecified atom stereocenters. The van der Waals surface area contributed by atoms with E-state index >= 15 is 0 Å². The summed E-state index contributed by atoms with van der Waals surface area (Å²) >= 11 is 0. The molecule has 0 aliphatic heterocycles. The molecule has 0 atom stereocenters. The molecule has 1 heterocycles. The fraction of sp³-hybridized carbons (Fsp3) is 0.0833. The zero-order chi connectivity index (χ0) is 13.9. The number of rotatable bonds is 2. The van der Waals surface area contributed by atoms with Gasteiger partial charge < -0.3 is 4.74 Å². The van der Waals surface area contributed by atoms with Crippen LogP contribution in [0.25, 0.3) is 0 Å². The largest absolute Gasteiger partial charge is 0.437 e. The van der Waals surface area contributed by atoms with Crippen molar-refractivity contribution in [3.05, 3.63) is 47.9 Å². The maximum atomic E-state index is 12.7. The van der Waals surface area contributed by atoms with Gasteiger partial charge in [0, 0.05) is 0 Å². The molecule has 0 bridgehead atoms. The lowest BCUT2D eigenvalue weighted by Gasteiger charge is -2.12. The van der Waals surface area contributed by atoms with Crippen molar-refractivity contribution in [2.75, 3.05) is 0 Å². The standard InChI is InChI=1S/C12H6F3N3O/c13-12(14,15)9-3-1-2-4-10(9)19-11-7-17-8(5-16)6-18-11/h1-4,6-7H. The first-order valence-electron chi connectivity index (χ1n) is 5.07. The third kappa shape index (κ3) is 2.98. The van der Waals surface area contributed by atoms with E-state index in [0.29, 0.717) is 0 Å². The van der Waals surface area contributed by atoms with Crippen LogP contribution in [-0.2, 0) is 6.18 Å². The molecule has 0 fully saturated rings. The highest BCUT2D eigenvalue weighted by Gasteiger charge is 2.34. The van der Waals surface area contributed by atoms with Crippen molar-refractivity contribution in [3.8, 4) is 17.7 Å². The third-order valence-electron chi connectivity index (χ3n) is 2.15. The van der Waals surface area contributed by atoms with E-state index in [4.69, 9.17) is 10.00 Å². The first kappa shape index (κ1) is 12.8. The molecule has 0 N–H and O–H groups in total. The minimum Gasteiger partial charge on any atom is -0.437 e. The number of nitriles is 1. The molecule has 0 saturated carbocycles. The molecule has 0 aliphatic carbocycles. The SMILES string of the molecule is N#Cc1cnc(Oc2ccccc2C(F)(F)F)cn1. The zero-order valence-corrected chi connectivity index (χ0v) is 9.35. The van der Waals surface area contributed by atoms with Crippen LogP contribution < -0.4 is 4.74 Å². The van der Waals surface area contributed by atoms with Crippen LogP contribution in [0.3, 0.4) is 0 Å². The normalized spacial score (nSPS) is 10.8. The van der Waals surface area contributed by atoms with E-state index in [2.05, 4.69) is 9.97 Å². The Hall–Kier alpha value is -2.62. The van der Waals surface area contributed by atoms with Gasteiger partial charge >= 0.3 is 6.18 Å². The molecule has 7 heteroatoms. The summed E-state index contributed by atoms with van der Waals surface area (Å²) in [5.41, 5.74) is -0.849. The molecule has 0 aliphatic rings. The second kappa shape index (κ2) is 4.94. The highest BCUT2D eigenvalue weighted by molar-refractivity contribution is 5.37. The minimum atomic E-state index is -4.52. The van der Waals surface area contributed by atoms with E-state index < -0.39 is 11.7 Å². The molecule has 96 valence electrons. The Kier molecular flexibility index (Phi) is 3.33. The summed E-state index contributed by atoms with van der Waals surface area (Å²) in [6.45, 7) is 0. The lowest BCUT2D eigenvalue weighted by molar-refractivity contribution is -0.138. The predicted molar refractivity (Wildman–Crippen MR) is 58.3 cm³/mol. The fourth-order valence-corrected chi connectivity index (χ4v) is 1.33. The van der Waals surface area contributed by atoms with Gasteiger partial charge in [0.15, 0.2) is 5.69 Å². The molecule has 0 saturated heterocycles. The summed E-state index contributed by atoms with van der Waals surface area (Å²) in [6.07, 6.45) is -2.31. The number of aromatic nitrogens is 2. The van der Waals surface area contributed by atoms with Crippen LogP contribution in [0.1, 0.15) is 11.3 Å². The molecule has 0 radical (unpaired) electrons. The summed E-state index contributed by atoms with van der Waals surface area (Å²) in [7, 11) is 0. The number of hydrogen-bond donors (Lipinski definition) is 0. The van der Waals surface area contributed by atoms with Crippen LogP contribution >= 0.6 is 0 Å². The molecule has 1 aromatic heterocycles. The van der Waals surface area contributed by atoms with E-state index in [1.807, 2.05) is 0 Å². The van der Waals surface area contributed by atoms with Gasteiger partial charge in [-0.25, -0.2) is 9.97 Å². The van der Waals surface area contributed by atoms with Crippen molar-refractivity contribution >= 4 is 0 Å². The maximum absolute atomic E-state index is 12.7. The molecule has 19 heavy (non-hydrogen) atoms. The Balaban J connectivity index is 2.31. The second-order valence-corrected chi connectivity index (χ2v) is 3.45. The van der Waals surface area contributed by atoms with Crippen LogP contribution in [0.5, 0.6) is 11.6 Å². The van der Waals surface area contributed by atoms with E-state index in [0.717, 1.165) is 18.5 Å². The summed E-state index contributed by atoms with van der Waals surface area (Å²) in [5, 5.41) is 8.53. The fourth-order valence-electron chi connectivity index (χ4n) is 1.33. The molecule has 1 aromatic carbocycles. The maximum Gasteiger partial charge on any atom is 0.419 e. The van der Waals surface area contributed by atoms with Gasteiger partial charge in [0.1, 0.15) is 11.8 Å². The Bertz CT molecular complexity index is 617. The number of hydrogen-bond acceptors (Lipinski definition) is 4. The van der Waals surface area contributed by atoms with Gasteiger partial charge in [-0.15, -0.1) is 0 Å². The molecule has 0 amide bonds. The Morgan fingerprint density at radius 1 is 1.11 bits per heavy atom. The smallest absolute Gasteiger partial charge is 0.419 e. The highest BCUT2D eigenvalue weighted by Crippen LogP contribution is 2.37. The van der Waals surface area contributed by atoms with Crippen LogP contribution in [-0.4, -0.2) is 9.97 Å². The topological polar surface area (TPSA) is 58.8 Å². The first-order valence-corrected chi connectivity index (χ1v) is 5.07. The van der Waals surface area contributed by atoms with Crippen LogP contribution in [0.4, 0.5) is 13.2 Å². The van der Waals surface area contributed by atoms with Gasteiger partial charge in [0.25, 0.3) is 0 Å². The van der Waals surface area contributed by atoms with Crippen molar-refractivity contribution in [1.29, 1.82) is 5.26 Å². The number of nitrogens with zero attached hydrogens (tertiary/aromatic N) is 3. The highest BCUT2D eigenvalue weighted by atomic mass is 19.4. The molecule has 4 nitrogen and oxygen atoms in total. The van der Waals surface area contributed by atoms with Crippen molar-refractivity contribution in [3.63, 3.8) is 0 Å². The second-order valence-electron chi connectivity index (χ2n) is 3.45. The van der Waals surface area contributed by atoms with E-state index in [1.165, 1.54) is 18.2 Å². The van der Waals surface area contributed by atoms with Crippen LogP contribution in [0.15, 0.2) is 36.7 Å². The van der Waals surface area contributed by atoms with Crippen LogP contribution in [0.2, 0.25) is 0 Å². The number of halogens is 3. The Morgan fingerprint density at radius 3 is 2.42 bits per heavy atom. The lowest BCUT2D eigenvalue weighted by atomic mass is 10.2. The van der Waals surface area contributed by atoms with Crippen molar-refractivity contribution in [2.45, 2.75) is 6.18 Å². The van der Waals surface area contributed by atoms with E-state index in [-0.39, 0.29) is 17.3 Å². The van der Waals surface area contributed by atoms with E-state index in [1.54, 1.807) is 6.07 Å². The number of ether oxygens (including phenoxy) is 1. The van der Waals surface area contributed by atoms with Crippen molar-refractivity contribution < 1.29 is 17.9 Å². The zero-order valence-electron chi connectivity index (χ0n) is 9.35. The number of benzene rings is 1. The summed E-state index contributed by atoms with van der Waals surface area (Å²) in [5.74, 6) is -0.482. The lowest BCUT2D eigenvalue weighted by Crippen LogP contribution is -2.07. The Labute approximate surface area is 106 Å². The average molecular weight is 265 g/mol. The van der Waals surface area contributed by atoms with Crippen molar-refractivity contribution in [1.82, 2.24) is 9.97 Å². The number of para-hydroxylation sites is 1. The first-order chi connectivity index (χ1) is 9.00. The summed E-state index contributed by atoms with van der Waals surface area (Å²) in [4.78, 5) is 7.35. The third-order valence-corrected chi connectivity index (χ3v) is 2.15. The molecular formula is C12H6F3N3O. The molecular weight excluding hydrogens is 259 g/mol. The molecule has 2 rings (SSSR count). The number of alkyl halides is 3. The van der Waals surface area contributed by atoms with E-state index in [9.17, 15) is 13.2 Å². The van der Waals surface area contributed by atoms with Gasteiger partial charge in [0.2, 0.25) is 5.88 Å². The predicted octanol–water partition coefficient (Wildman–Crippen LogP) is 3.16.